The van der Waals surface area contributed by atoms with Gasteiger partial charge in [0.25, 0.3) is 0 Å². The van der Waals surface area contributed by atoms with Crippen LogP contribution in [0.4, 0.5) is 8.78 Å². The van der Waals surface area contributed by atoms with Crippen LogP contribution in [0.25, 0.3) is 10.8 Å². The predicted octanol–water partition coefficient (Wildman–Crippen LogP) is 5.27. The summed E-state index contributed by atoms with van der Waals surface area (Å²) in [5.41, 5.74) is -1.37. The Bertz CT molecular complexity index is 952. The van der Waals surface area contributed by atoms with Crippen LogP contribution in [0.15, 0.2) is 64.4 Å². The maximum Gasteiger partial charge on any atom is 0.143 e. The van der Waals surface area contributed by atoms with E-state index < -0.39 is 17.2 Å². The molecule has 1 heterocycles. The fourth-order valence-corrected chi connectivity index (χ4v) is 4.26. The van der Waals surface area contributed by atoms with Crippen LogP contribution in [0.1, 0.15) is 18.4 Å². The molecule has 0 amide bonds. The average molecular weight is 372 g/mol. The zero-order valence-corrected chi connectivity index (χ0v) is 14.9. The molecule has 134 valence electrons. The molecule has 1 aliphatic rings. The summed E-state index contributed by atoms with van der Waals surface area (Å²) < 4.78 is 34.5. The minimum Gasteiger partial charge on any atom is -0.385 e. The molecule has 5 heteroatoms. The van der Waals surface area contributed by atoms with Gasteiger partial charge < -0.3 is 9.84 Å². The van der Waals surface area contributed by atoms with Crippen LogP contribution in [0.5, 0.6) is 0 Å². The first-order valence-electron chi connectivity index (χ1n) is 8.51. The number of hydrogen-bond donors (Lipinski definition) is 1. The number of aliphatic hydroxyl groups is 1. The Hall–Kier alpha value is -1.95. The van der Waals surface area contributed by atoms with Crippen molar-refractivity contribution in [1.29, 1.82) is 0 Å². The molecular weight excluding hydrogens is 354 g/mol. The highest BCUT2D eigenvalue weighted by molar-refractivity contribution is 7.99. The second-order valence-electron chi connectivity index (χ2n) is 6.52. The molecule has 1 saturated heterocycles. The van der Waals surface area contributed by atoms with Gasteiger partial charge in [0.2, 0.25) is 0 Å². The normalized spacial score (nSPS) is 16.7. The average Bonchev–Trinajstić information content (AvgIpc) is 2.65. The molecule has 4 rings (SSSR count). The third-order valence-electron chi connectivity index (χ3n) is 4.77. The Morgan fingerprint density at radius 2 is 1.65 bits per heavy atom. The molecule has 0 aliphatic carbocycles. The molecule has 0 unspecified atom stereocenters. The third kappa shape index (κ3) is 3.34. The summed E-state index contributed by atoms with van der Waals surface area (Å²) in [5.74, 6) is -1.11. The Balaban J connectivity index is 1.71. The van der Waals surface area contributed by atoms with Crippen molar-refractivity contribution in [3.05, 3.63) is 71.8 Å². The highest BCUT2D eigenvalue weighted by atomic mass is 32.2. The molecule has 3 aromatic rings. The summed E-state index contributed by atoms with van der Waals surface area (Å²) in [6, 6.07) is 16.0. The van der Waals surface area contributed by atoms with Crippen molar-refractivity contribution in [1.82, 2.24) is 0 Å². The van der Waals surface area contributed by atoms with E-state index in [9.17, 15) is 9.50 Å². The summed E-state index contributed by atoms with van der Waals surface area (Å²) in [4.78, 5) is 0.994. The number of rotatable bonds is 3. The van der Waals surface area contributed by atoms with E-state index in [1.165, 1.54) is 6.07 Å². The Morgan fingerprint density at radius 3 is 2.42 bits per heavy atom. The zero-order chi connectivity index (χ0) is 18.1. The number of hydrogen-bond acceptors (Lipinski definition) is 3. The molecule has 0 atom stereocenters. The van der Waals surface area contributed by atoms with Gasteiger partial charge in [-0.15, -0.1) is 0 Å². The molecule has 0 saturated carbocycles. The van der Waals surface area contributed by atoms with Gasteiger partial charge in [-0.1, -0.05) is 42.1 Å². The third-order valence-corrected chi connectivity index (χ3v) is 5.78. The second kappa shape index (κ2) is 6.99. The maximum atomic E-state index is 15.1. The van der Waals surface area contributed by atoms with Crippen LogP contribution < -0.4 is 0 Å². The van der Waals surface area contributed by atoms with Gasteiger partial charge in [0.15, 0.2) is 0 Å². The van der Waals surface area contributed by atoms with Crippen LogP contribution in [0.2, 0.25) is 0 Å². The van der Waals surface area contributed by atoms with Crippen molar-refractivity contribution in [2.45, 2.75) is 28.2 Å². The van der Waals surface area contributed by atoms with Crippen molar-refractivity contribution in [2.75, 3.05) is 13.2 Å². The molecule has 0 spiro atoms. The van der Waals surface area contributed by atoms with Crippen LogP contribution in [-0.2, 0) is 10.3 Å². The van der Waals surface area contributed by atoms with Crippen molar-refractivity contribution >= 4 is 22.5 Å². The smallest absolute Gasteiger partial charge is 0.143 e. The first-order valence-corrected chi connectivity index (χ1v) is 9.33. The van der Waals surface area contributed by atoms with E-state index in [-0.39, 0.29) is 23.3 Å². The molecule has 0 bridgehead atoms. The van der Waals surface area contributed by atoms with E-state index in [4.69, 9.17) is 4.74 Å². The molecule has 1 aliphatic heterocycles. The molecular formula is C21H18F2O2S. The van der Waals surface area contributed by atoms with E-state index >= 15 is 4.39 Å². The highest BCUT2D eigenvalue weighted by Gasteiger charge is 2.35. The standard InChI is InChI=1S/C21H18F2O2S/c22-16-12-18(21(24)7-9-25-10-8-21)20(23)19(13-16)26-17-6-5-14-3-1-2-4-15(14)11-17/h1-6,11-13,24H,7-10H2. The summed E-state index contributed by atoms with van der Waals surface area (Å²) in [5, 5.41) is 12.9. The first-order chi connectivity index (χ1) is 12.5. The minimum atomic E-state index is -1.39. The minimum absolute atomic E-state index is 0.0177. The van der Waals surface area contributed by atoms with Crippen LogP contribution in [-0.4, -0.2) is 18.3 Å². The van der Waals surface area contributed by atoms with Crippen molar-refractivity contribution in [3.63, 3.8) is 0 Å². The van der Waals surface area contributed by atoms with Crippen LogP contribution in [0.3, 0.4) is 0 Å². The van der Waals surface area contributed by atoms with Gasteiger partial charge in [-0.05, 0) is 35.0 Å². The number of benzene rings is 3. The van der Waals surface area contributed by atoms with E-state index in [1.807, 2.05) is 42.5 Å². The topological polar surface area (TPSA) is 29.5 Å². The van der Waals surface area contributed by atoms with Gasteiger partial charge in [-0.25, -0.2) is 8.78 Å². The maximum absolute atomic E-state index is 15.1. The van der Waals surface area contributed by atoms with Crippen molar-refractivity contribution < 1.29 is 18.6 Å². The number of halogens is 2. The Morgan fingerprint density at radius 1 is 0.923 bits per heavy atom. The quantitative estimate of drug-likeness (QED) is 0.679. The molecule has 0 radical (unpaired) electrons. The Kier molecular flexibility index (Phi) is 4.69. The highest BCUT2D eigenvalue weighted by Crippen LogP contribution is 2.39. The lowest BCUT2D eigenvalue weighted by Crippen LogP contribution is -2.34. The number of ether oxygens (including phenoxy) is 1. The molecule has 26 heavy (non-hydrogen) atoms. The molecule has 3 aromatic carbocycles. The molecule has 1 N–H and O–H groups in total. The zero-order valence-electron chi connectivity index (χ0n) is 14.0. The van der Waals surface area contributed by atoms with Crippen molar-refractivity contribution in [2.24, 2.45) is 0 Å². The molecule has 2 nitrogen and oxygen atoms in total. The van der Waals surface area contributed by atoms with E-state index in [0.717, 1.165) is 33.5 Å². The lowest BCUT2D eigenvalue weighted by molar-refractivity contribution is -0.0702. The second-order valence-corrected chi connectivity index (χ2v) is 7.64. The van der Waals surface area contributed by atoms with Gasteiger partial charge in [-0.3, -0.25) is 0 Å². The predicted molar refractivity (Wildman–Crippen MR) is 98.4 cm³/mol. The van der Waals surface area contributed by atoms with Crippen LogP contribution in [0, 0.1) is 11.6 Å². The van der Waals surface area contributed by atoms with Crippen molar-refractivity contribution in [3.8, 4) is 0 Å². The van der Waals surface area contributed by atoms with Gasteiger partial charge in [0.1, 0.15) is 11.6 Å². The summed E-state index contributed by atoms with van der Waals surface area (Å²) in [6.45, 7) is 0.666. The lowest BCUT2D eigenvalue weighted by Gasteiger charge is -2.33. The largest absolute Gasteiger partial charge is 0.385 e. The fraction of sp³-hybridized carbons (Fsp3) is 0.238. The van der Waals surface area contributed by atoms with Gasteiger partial charge in [-0.2, -0.15) is 0 Å². The first kappa shape index (κ1) is 17.5. The van der Waals surface area contributed by atoms with Gasteiger partial charge in [0, 0.05) is 36.5 Å². The monoisotopic (exact) mass is 372 g/mol. The SMILES string of the molecule is OC1(c2cc(F)cc(Sc3ccc4ccccc4c3)c2F)CCOCC1. The summed E-state index contributed by atoms with van der Waals surface area (Å²) in [7, 11) is 0. The van der Waals surface area contributed by atoms with Gasteiger partial charge >= 0.3 is 0 Å². The van der Waals surface area contributed by atoms with E-state index in [1.54, 1.807) is 0 Å². The summed E-state index contributed by atoms with van der Waals surface area (Å²) in [6.07, 6.45) is 0.515. The van der Waals surface area contributed by atoms with Crippen LogP contribution >= 0.6 is 11.8 Å². The lowest BCUT2D eigenvalue weighted by atomic mass is 9.86. The number of fused-ring (bicyclic) bond motifs is 1. The molecule has 0 aromatic heterocycles. The van der Waals surface area contributed by atoms with Gasteiger partial charge in [0.05, 0.1) is 10.5 Å². The molecule has 1 fully saturated rings. The summed E-state index contributed by atoms with van der Waals surface area (Å²) >= 11 is 1.16. The van der Waals surface area contributed by atoms with E-state index in [0.29, 0.717) is 13.2 Å². The fourth-order valence-electron chi connectivity index (χ4n) is 3.31. The van der Waals surface area contributed by atoms with E-state index in [2.05, 4.69) is 0 Å². The Labute approximate surface area is 154 Å².